The summed E-state index contributed by atoms with van der Waals surface area (Å²) in [6.07, 6.45) is 5.67. The molecule has 1 N–H and O–H groups in total. The Morgan fingerprint density at radius 1 is 1.06 bits per heavy atom. The quantitative estimate of drug-likeness (QED) is 0.791. The number of carbonyl (C=O) groups excluding carboxylic acids is 2. The molecule has 32 heavy (non-hydrogen) atoms. The number of pyridine rings is 1. The number of nitrogens with zero attached hydrogens (tertiary/aromatic N) is 3. The number of rotatable bonds is 3. The zero-order valence-electron chi connectivity index (χ0n) is 18.1. The van der Waals surface area contributed by atoms with Gasteiger partial charge in [0.15, 0.2) is 11.5 Å². The molecule has 170 valence electrons. The van der Waals surface area contributed by atoms with Gasteiger partial charge in [0.25, 0.3) is 5.91 Å². The van der Waals surface area contributed by atoms with Crippen molar-refractivity contribution in [1.82, 2.24) is 14.8 Å². The number of aliphatic hydroxyl groups excluding tert-OH is 1. The predicted octanol–water partition coefficient (Wildman–Crippen LogP) is 2.86. The molecule has 2 amide bonds. The standard InChI is InChI=1S/C24H29N3O5/c28-17-18-8-7-14-27(18)22(29)16-26-13-4-1-5-15-31-20-10-2-3-11-21(20)32-23-19(24(26)30)9-6-12-25-23/h2-3,6,9-12,18,28H,1,4-5,7-8,13-17H2. The number of benzene rings is 1. The Bertz CT molecular complexity index is 951. The molecule has 8 heteroatoms. The molecule has 0 radical (unpaired) electrons. The molecule has 1 atom stereocenters. The van der Waals surface area contributed by atoms with Crippen molar-refractivity contribution in [1.29, 1.82) is 0 Å². The summed E-state index contributed by atoms with van der Waals surface area (Å²) in [5.74, 6) is 0.842. The van der Waals surface area contributed by atoms with Crippen LogP contribution in [0.25, 0.3) is 0 Å². The summed E-state index contributed by atoms with van der Waals surface area (Å²) in [5.41, 5.74) is 0.300. The van der Waals surface area contributed by atoms with E-state index in [1.54, 1.807) is 34.2 Å². The molecule has 1 aromatic carbocycles. The summed E-state index contributed by atoms with van der Waals surface area (Å²) < 4.78 is 11.9. The number of amides is 2. The van der Waals surface area contributed by atoms with Gasteiger partial charge < -0.3 is 24.4 Å². The monoisotopic (exact) mass is 439 g/mol. The molecule has 3 heterocycles. The Balaban J connectivity index is 1.61. The third kappa shape index (κ3) is 5.02. The van der Waals surface area contributed by atoms with Crippen LogP contribution in [0.4, 0.5) is 0 Å². The molecule has 4 rings (SSSR count). The van der Waals surface area contributed by atoms with Crippen LogP contribution < -0.4 is 9.47 Å². The Kier molecular flexibility index (Phi) is 7.21. The summed E-state index contributed by atoms with van der Waals surface area (Å²) in [5, 5.41) is 9.58. The van der Waals surface area contributed by atoms with Gasteiger partial charge in [0, 0.05) is 19.3 Å². The molecular weight excluding hydrogens is 410 g/mol. The van der Waals surface area contributed by atoms with Gasteiger partial charge in [-0.1, -0.05) is 12.1 Å². The van der Waals surface area contributed by atoms with Crippen LogP contribution in [0.15, 0.2) is 42.6 Å². The van der Waals surface area contributed by atoms with Crippen molar-refractivity contribution < 1.29 is 24.2 Å². The number of ether oxygens (including phenoxy) is 2. The fourth-order valence-electron chi connectivity index (χ4n) is 4.19. The number of aliphatic hydroxyl groups is 1. The number of likely N-dealkylation sites (tertiary alicyclic amines) is 1. The first-order chi connectivity index (χ1) is 15.7. The molecule has 1 aromatic heterocycles. The van der Waals surface area contributed by atoms with Gasteiger partial charge in [-0.2, -0.15) is 0 Å². The first kappa shape index (κ1) is 22.1. The second-order valence-corrected chi connectivity index (χ2v) is 8.11. The Labute approximate surface area is 187 Å². The molecule has 2 aromatic rings. The zero-order valence-corrected chi connectivity index (χ0v) is 18.1. The predicted molar refractivity (Wildman–Crippen MR) is 118 cm³/mol. The van der Waals surface area contributed by atoms with Gasteiger partial charge in [-0.3, -0.25) is 9.59 Å². The number of para-hydroxylation sites is 2. The van der Waals surface area contributed by atoms with Crippen molar-refractivity contribution in [2.75, 3.05) is 32.8 Å². The van der Waals surface area contributed by atoms with Crippen LogP contribution in [0.5, 0.6) is 17.4 Å². The van der Waals surface area contributed by atoms with Gasteiger partial charge in [0.1, 0.15) is 12.1 Å². The van der Waals surface area contributed by atoms with Gasteiger partial charge in [0.2, 0.25) is 11.8 Å². The fraction of sp³-hybridized carbons (Fsp3) is 0.458. The van der Waals surface area contributed by atoms with E-state index in [1.165, 1.54) is 0 Å². The molecule has 0 spiro atoms. The summed E-state index contributed by atoms with van der Waals surface area (Å²) in [4.78, 5) is 34.0. The molecule has 8 nitrogen and oxygen atoms in total. The minimum absolute atomic E-state index is 0.0310. The van der Waals surface area contributed by atoms with Gasteiger partial charge in [-0.05, 0) is 56.4 Å². The topological polar surface area (TPSA) is 92.2 Å². The zero-order chi connectivity index (χ0) is 22.3. The highest BCUT2D eigenvalue weighted by atomic mass is 16.5. The van der Waals surface area contributed by atoms with Crippen molar-refractivity contribution in [3.63, 3.8) is 0 Å². The number of hydrogen-bond acceptors (Lipinski definition) is 6. The molecule has 0 aliphatic carbocycles. The molecule has 1 saturated heterocycles. The van der Waals surface area contributed by atoms with E-state index in [1.807, 2.05) is 18.2 Å². The lowest BCUT2D eigenvalue weighted by molar-refractivity contribution is -0.133. The molecule has 1 unspecified atom stereocenters. The molecule has 0 saturated carbocycles. The number of carbonyl (C=O) groups is 2. The molecule has 0 bridgehead atoms. The van der Waals surface area contributed by atoms with Crippen LogP contribution in [0.2, 0.25) is 0 Å². The Hall–Kier alpha value is -3.13. The van der Waals surface area contributed by atoms with E-state index >= 15 is 0 Å². The average molecular weight is 440 g/mol. The highest BCUT2D eigenvalue weighted by Crippen LogP contribution is 2.32. The average Bonchev–Trinajstić information content (AvgIpc) is 3.30. The first-order valence-electron chi connectivity index (χ1n) is 11.2. The van der Waals surface area contributed by atoms with Gasteiger partial charge in [-0.15, -0.1) is 0 Å². The molecule has 2 aliphatic heterocycles. The van der Waals surface area contributed by atoms with Crippen molar-refractivity contribution in [2.24, 2.45) is 0 Å². The van der Waals surface area contributed by atoms with Crippen LogP contribution in [0, 0.1) is 0 Å². The van der Waals surface area contributed by atoms with Crippen molar-refractivity contribution in [3.8, 4) is 17.4 Å². The lowest BCUT2D eigenvalue weighted by Gasteiger charge is -2.28. The minimum atomic E-state index is -0.293. The summed E-state index contributed by atoms with van der Waals surface area (Å²) in [7, 11) is 0. The third-order valence-electron chi connectivity index (χ3n) is 5.91. The third-order valence-corrected chi connectivity index (χ3v) is 5.91. The highest BCUT2D eigenvalue weighted by Gasteiger charge is 2.31. The number of fused-ring (bicyclic) bond motifs is 2. The smallest absolute Gasteiger partial charge is 0.259 e. The minimum Gasteiger partial charge on any atom is -0.490 e. The maximum atomic E-state index is 13.5. The van der Waals surface area contributed by atoms with Gasteiger partial charge in [-0.25, -0.2) is 4.98 Å². The van der Waals surface area contributed by atoms with E-state index in [0.29, 0.717) is 36.8 Å². The van der Waals surface area contributed by atoms with Crippen LogP contribution in [0.3, 0.4) is 0 Å². The van der Waals surface area contributed by atoms with Crippen LogP contribution in [-0.4, -0.2) is 70.6 Å². The normalized spacial score (nSPS) is 19.5. The SMILES string of the molecule is O=C1c2cccnc2Oc2ccccc2OCCCCCN1CC(=O)N1CCCC1CO. The summed E-state index contributed by atoms with van der Waals surface area (Å²) in [6.45, 7) is 1.51. The van der Waals surface area contributed by atoms with E-state index in [0.717, 1.165) is 32.1 Å². The summed E-state index contributed by atoms with van der Waals surface area (Å²) >= 11 is 0. The second-order valence-electron chi connectivity index (χ2n) is 8.11. The van der Waals surface area contributed by atoms with E-state index in [9.17, 15) is 14.7 Å². The fourth-order valence-corrected chi connectivity index (χ4v) is 4.19. The number of hydrogen-bond donors (Lipinski definition) is 1. The largest absolute Gasteiger partial charge is 0.490 e. The van der Waals surface area contributed by atoms with Gasteiger partial charge >= 0.3 is 0 Å². The summed E-state index contributed by atoms with van der Waals surface area (Å²) in [6, 6.07) is 10.5. The van der Waals surface area contributed by atoms with Crippen LogP contribution in [0.1, 0.15) is 42.5 Å². The maximum absolute atomic E-state index is 13.5. The van der Waals surface area contributed by atoms with Crippen molar-refractivity contribution >= 4 is 11.8 Å². The van der Waals surface area contributed by atoms with Gasteiger partial charge in [0.05, 0.1) is 19.3 Å². The first-order valence-corrected chi connectivity index (χ1v) is 11.2. The number of aromatic nitrogens is 1. The Morgan fingerprint density at radius 2 is 1.91 bits per heavy atom. The molecular formula is C24H29N3O5. The van der Waals surface area contributed by atoms with Crippen LogP contribution >= 0.6 is 0 Å². The maximum Gasteiger partial charge on any atom is 0.259 e. The van der Waals surface area contributed by atoms with E-state index < -0.39 is 0 Å². The molecule has 2 aliphatic rings. The van der Waals surface area contributed by atoms with Crippen LogP contribution in [-0.2, 0) is 4.79 Å². The molecule has 1 fully saturated rings. The lowest BCUT2D eigenvalue weighted by Crippen LogP contribution is -2.46. The van der Waals surface area contributed by atoms with E-state index in [-0.39, 0.29) is 36.9 Å². The second kappa shape index (κ2) is 10.5. The lowest BCUT2D eigenvalue weighted by atomic mass is 10.2. The van der Waals surface area contributed by atoms with E-state index in [4.69, 9.17) is 9.47 Å². The van der Waals surface area contributed by atoms with E-state index in [2.05, 4.69) is 4.98 Å². The van der Waals surface area contributed by atoms with Crippen molar-refractivity contribution in [2.45, 2.75) is 38.1 Å². The highest BCUT2D eigenvalue weighted by molar-refractivity contribution is 5.98. The van der Waals surface area contributed by atoms with Crippen molar-refractivity contribution in [3.05, 3.63) is 48.2 Å². The Morgan fingerprint density at radius 3 is 2.75 bits per heavy atom.